The SMILES string of the molecule is O=C(NC1CC1)[C@H]1c2ccccc2C(=O)N(c2ccccc2)C12CCCCC2. The molecule has 2 fully saturated rings. The summed E-state index contributed by atoms with van der Waals surface area (Å²) in [4.78, 5) is 29.2. The highest BCUT2D eigenvalue weighted by Gasteiger charge is 2.55. The van der Waals surface area contributed by atoms with E-state index in [4.69, 9.17) is 0 Å². The molecule has 3 aliphatic rings. The Morgan fingerprint density at radius 2 is 1.61 bits per heavy atom. The van der Waals surface area contributed by atoms with E-state index in [1.165, 1.54) is 0 Å². The van der Waals surface area contributed by atoms with Crippen LogP contribution in [0.25, 0.3) is 0 Å². The monoisotopic (exact) mass is 374 g/mol. The maximum atomic E-state index is 13.7. The van der Waals surface area contributed by atoms with Crippen molar-refractivity contribution in [3.8, 4) is 0 Å². The molecule has 2 amide bonds. The molecule has 28 heavy (non-hydrogen) atoms. The molecule has 0 unspecified atom stereocenters. The molecule has 1 atom stereocenters. The zero-order valence-electron chi connectivity index (χ0n) is 16.1. The quantitative estimate of drug-likeness (QED) is 0.865. The molecule has 1 heterocycles. The molecule has 2 aliphatic carbocycles. The maximum Gasteiger partial charge on any atom is 0.259 e. The number of rotatable bonds is 3. The van der Waals surface area contributed by atoms with Crippen LogP contribution in [0.2, 0.25) is 0 Å². The van der Waals surface area contributed by atoms with E-state index in [9.17, 15) is 9.59 Å². The summed E-state index contributed by atoms with van der Waals surface area (Å²) < 4.78 is 0. The maximum absolute atomic E-state index is 13.7. The Balaban J connectivity index is 1.70. The van der Waals surface area contributed by atoms with E-state index in [0.29, 0.717) is 11.6 Å². The number of hydrogen-bond acceptors (Lipinski definition) is 2. The molecule has 0 radical (unpaired) electrons. The number of para-hydroxylation sites is 1. The Labute approximate surface area is 165 Å². The fourth-order valence-corrected chi connectivity index (χ4v) is 5.21. The molecule has 2 aromatic rings. The first-order chi connectivity index (χ1) is 13.7. The largest absolute Gasteiger partial charge is 0.353 e. The van der Waals surface area contributed by atoms with Crippen molar-refractivity contribution >= 4 is 17.5 Å². The van der Waals surface area contributed by atoms with Gasteiger partial charge in [0.05, 0.1) is 11.5 Å². The van der Waals surface area contributed by atoms with Gasteiger partial charge in [0.1, 0.15) is 0 Å². The van der Waals surface area contributed by atoms with Crippen molar-refractivity contribution in [1.82, 2.24) is 5.32 Å². The summed E-state index contributed by atoms with van der Waals surface area (Å²) in [6, 6.07) is 17.9. The van der Waals surface area contributed by atoms with Crippen LogP contribution in [0.15, 0.2) is 54.6 Å². The highest BCUT2D eigenvalue weighted by Crippen LogP contribution is 2.51. The predicted octanol–water partition coefficient (Wildman–Crippen LogP) is 4.41. The molecule has 1 spiro atoms. The van der Waals surface area contributed by atoms with Crippen LogP contribution in [0.3, 0.4) is 0 Å². The van der Waals surface area contributed by atoms with Crippen molar-refractivity contribution in [2.45, 2.75) is 62.4 Å². The predicted molar refractivity (Wildman–Crippen MR) is 109 cm³/mol. The van der Waals surface area contributed by atoms with E-state index in [2.05, 4.69) is 5.32 Å². The zero-order valence-corrected chi connectivity index (χ0v) is 16.1. The number of amides is 2. The Bertz CT molecular complexity index is 898. The minimum Gasteiger partial charge on any atom is -0.353 e. The summed E-state index contributed by atoms with van der Waals surface area (Å²) in [6.07, 6.45) is 7.12. The summed E-state index contributed by atoms with van der Waals surface area (Å²) in [5.74, 6) is -0.202. The molecule has 144 valence electrons. The third-order valence-corrected chi connectivity index (χ3v) is 6.61. The van der Waals surface area contributed by atoms with Gasteiger partial charge in [-0.05, 0) is 49.4 Å². The van der Waals surface area contributed by atoms with Crippen molar-refractivity contribution in [3.05, 3.63) is 65.7 Å². The van der Waals surface area contributed by atoms with Crippen LogP contribution in [0.1, 0.15) is 66.8 Å². The third-order valence-electron chi connectivity index (χ3n) is 6.61. The van der Waals surface area contributed by atoms with Gasteiger partial charge in [-0.15, -0.1) is 0 Å². The molecule has 4 heteroatoms. The lowest BCUT2D eigenvalue weighted by atomic mass is 9.65. The molecule has 1 N–H and O–H groups in total. The molecular formula is C24H26N2O2. The Kier molecular flexibility index (Phi) is 4.22. The van der Waals surface area contributed by atoms with E-state index in [1.807, 2.05) is 59.5 Å². The fourth-order valence-electron chi connectivity index (χ4n) is 5.21. The third kappa shape index (κ3) is 2.74. The molecule has 0 saturated heterocycles. The normalized spacial score (nSPS) is 23.4. The van der Waals surface area contributed by atoms with Gasteiger partial charge in [0.15, 0.2) is 0 Å². The van der Waals surface area contributed by atoms with E-state index in [-0.39, 0.29) is 17.7 Å². The number of carbonyl (C=O) groups excluding carboxylic acids is 2. The van der Waals surface area contributed by atoms with Gasteiger partial charge in [0, 0.05) is 17.3 Å². The number of benzene rings is 2. The minimum absolute atomic E-state index is 0.0270. The second kappa shape index (κ2) is 6.77. The number of anilines is 1. The van der Waals surface area contributed by atoms with Crippen LogP contribution in [0.5, 0.6) is 0 Å². The van der Waals surface area contributed by atoms with Crippen molar-refractivity contribution in [2.75, 3.05) is 4.90 Å². The molecule has 5 rings (SSSR count). The van der Waals surface area contributed by atoms with Crippen LogP contribution >= 0.6 is 0 Å². The van der Waals surface area contributed by atoms with E-state index >= 15 is 0 Å². The van der Waals surface area contributed by atoms with E-state index in [0.717, 1.165) is 56.2 Å². The first-order valence-electron chi connectivity index (χ1n) is 10.5. The van der Waals surface area contributed by atoms with Gasteiger partial charge in [0.2, 0.25) is 5.91 Å². The Hall–Kier alpha value is -2.62. The lowest BCUT2D eigenvalue weighted by molar-refractivity contribution is -0.124. The summed E-state index contributed by atoms with van der Waals surface area (Å²) in [5.41, 5.74) is 1.98. The van der Waals surface area contributed by atoms with Crippen molar-refractivity contribution in [2.24, 2.45) is 0 Å². The molecule has 1 aliphatic heterocycles. The van der Waals surface area contributed by atoms with Gasteiger partial charge >= 0.3 is 0 Å². The summed E-state index contributed by atoms with van der Waals surface area (Å²) >= 11 is 0. The number of carbonyl (C=O) groups is 2. The van der Waals surface area contributed by atoms with Gasteiger partial charge in [-0.25, -0.2) is 0 Å². The first-order valence-corrected chi connectivity index (χ1v) is 10.5. The van der Waals surface area contributed by atoms with Gasteiger partial charge in [-0.3, -0.25) is 9.59 Å². The summed E-state index contributed by atoms with van der Waals surface area (Å²) in [7, 11) is 0. The fraction of sp³-hybridized carbons (Fsp3) is 0.417. The van der Waals surface area contributed by atoms with Crippen molar-refractivity contribution < 1.29 is 9.59 Å². The average molecular weight is 374 g/mol. The van der Waals surface area contributed by atoms with Crippen LogP contribution in [-0.4, -0.2) is 23.4 Å². The highest BCUT2D eigenvalue weighted by molar-refractivity contribution is 6.12. The molecule has 2 saturated carbocycles. The van der Waals surface area contributed by atoms with Gasteiger partial charge < -0.3 is 10.2 Å². The van der Waals surface area contributed by atoms with Gasteiger partial charge in [-0.2, -0.15) is 0 Å². The molecule has 0 bridgehead atoms. The molecule has 4 nitrogen and oxygen atoms in total. The van der Waals surface area contributed by atoms with Crippen LogP contribution < -0.4 is 10.2 Å². The van der Waals surface area contributed by atoms with E-state index in [1.54, 1.807) is 0 Å². The standard InChI is InChI=1S/C24H26N2O2/c27-22(25-17-13-14-17)21-19-11-5-6-12-20(19)23(28)26(18-9-3-1-4-10-18)24(21)15-7-2-8-16-24/h1,3-6,9-12,17,21H,2,7-8,13-16H2,(H,25,27)/t21-/m1/s1. The minimum atomic E-state index is -0.482. The van der Waals surface area contributed by atoms with Crippen molar-refractivity contribution in [1.29, 1.82) is 0 Å². The lowest BCUT2D eigenvalue weighted by Gasteiger charge is -2.53. The number of nitrogens with zero attached hydrogens (tertiary/aromatic N) is 1. The van der Waals surface area contributed by atoms with Crippen LogP contribution in [0, 0.1) is 0 Å². The zero-order chi connectivity index (χ0) is 19.1. The summed E-state index contributed by atoms with van der Waals surface area (Å²) in [6.45, 7) is 0. The lowest BCUT2D eigenvalue weighted by Crippen LogP contribution is -2.63. The second-order valence-corrected chi connectivity index (χ2v) is 8.44. The second-order valence-electron chi connectivity index (χ2n) is 8.44. The Morgan fingerprint density at radius 3 is 2.32 bits per heavy atom. The first kappa shape index (κ1) is 17.5. The van der Waals surface area contributed by atoms with Gasteiger partial charge in [0.25, 0.3) is 5.91 Å². The number of hydrogen-bond donors (Lipinski definition) is 1. The van der Waals surface area contributed by atoms with Crippen LogP contribution in [-0.2, 0) is 4.79 Å². The topological polar surface area (TPSA) is 49.4 Å². The van der Waals surface area contributed by atoms with E-state index < -0.39 is 5.54 Å². The smallest absolute Gasteiger partial charge is 0.259 e. The molecular weight excluding hydrogens is 348 g/mol. The number of nitrogens with one attached hydrogen (secondary N) is 1. The Morgan fingerprint density at radius 1 is 0.929 bits per heavy atom. The van der Waals surface area contributed by atoms with Gasteiger partial charge in [-0.1, -0.05) is 55.7 Å². The average Bonchev–Trinajstić information content (AvgIpc) is 3.53. The summed E-state index contributed by atoms with van der Waals surface area (Å²) in [5, 5.41) is 3.25. The molecule has 2 aromatic carbocycles. The van der Waals surface area contributed by atoms with Crippen LogP contribution in [0.4, 0.5) is 5.69 Å². The number of fused-ring (bicyclic) bond motifs is 1. The highest BCUT2D eigenvalue weighted by atomic mass is 16.2. The van der Waals surface area contributed by atoms with Crippen molar-refractivity contribution in [3.63, 3.8) is 0 Å². The molecule has 0 aromatic heterocycles.